The molecule has 0 aliphatic heterocycles. The molecule has 0 bridgehead atoms. The van der Waals surface area contributed by atoms with Gasteiger partial charge in [0.25, 0.3) is 0 Å². The average Bonchev–Trinajstić information content (AvgIpc) is 2.61. The van der Waals surface area contributed by atoms with Crippen LogP contribution in [-0.4, -0.2) is 4.98 Å². The van der Waals surface area contributed by atoms with E-state index in [1.807, 2.05) is 0 Å². The predicted octanol–water partition coefficient (Wildman–Crippen LogP) is 4.07. The van der Waals surface area contributed by atoms with E-state index >= 15 is 0 Å². The van der Waals surface area contributed by atoms with E-state index in [0.29, 0.717) is 5.82 Å². The van der Waals surface area contributed by atoms with Gasteiger partial charge in [0.2, 0.25) is 0 Å². The minimum atomic E-state index is -0.314. The molecule has 1 unspecified atom stereocenters. The Morgan fingerprint density at radius 2 is 2.12 bits per heavy atom. The molecule has 0 aliphatic rings. The zero-order chi connectivity index (χ0) is 12.4. The Balaban J connectivity index is 2.14. The normalized spacial score (nSPS) is 12.5. The molecule has 0 fully saturated rings. The first-order valence-corrected chi connectivity index (χ1v) is 6.33. The first kappa shape index (κ1) is 12.0. The van der Waals surface area contributed by atoms with E-state index in [9.17, 15) is 4.39 Å². The molecule has 90 valence electrons. The first-order valence-electron chi connectivity index (χ1n) is 5.51. The number of aromatic nitrogens is 1. The van der Waals surface area contributed by atoms with Crippen molar-refractivity contribution in [3.63, 3.8) is 0 Å². The van der Waals surface area contributed by atoms with Crippen molar-refractivity contribution in [3.8, 4) is 0 Å². The molecule has 0 spiro atoms. The SMILES string of the molecule is Cc1cc(C(C)Nc2ccc(F)cn2)c(C)s1. The maximum Gasteiger partial charge on any atom is 0.141 e. The van der Waals surface area contributed by atoms with E-state index in [1.54, 1.807) is 17.4 Å². The summed E-state index contributed by atoms with van der Waals surface area (Å²) in [4.78, 5) is 6.61. The summed E-state index contributed by atoms with van der Waals surface area (Å²) in [6.45, 7) is 6.30. The number of hydrogen-bond acceptors (Lipinski definition) is 3. The molecule has 2 aromatic rings. The number of rotatable bonds is 3. The second-order valence-corrected chi connectivity index (χ2v) is 5.56. The Hall–Kier alpha value is -1.42. The number of thiophene rings is 1. The molecule has 4 heteroatoms. The van der Waals surface area contributed by atoms with E-state index < -0.39 is 0 Å². The van der Waals surface area contributed by atoms with E-state index in [0.717, 1.165) is 0 Å². The van der Waals surface area contributed by atoms with Crippen molar-refractivity contribution in [1.29, 1.82) is 0 Å². The van der Waals surface area contributed by atoms with Crippen LogP contribution in [0.1, 0.15) is 28.3 Å². The number of pyridine rings is 1. The lowest BCUT2D eigenvalue weighted by Gasteiger charge is -2.14. The molecule has 0 amide bonds. The summed E-state index contributed by atoms with van der Waals surface area (Å²) in [7, 11) is 0. The Labute approximate surface area is 105 Å². The summed E-state index contributed by atoms with van der Waals surface area (Å²) in [5.41, 5.74) is 1.28. The number of nitrogens with one attached hydrogen (secondary N) is 1. The molecular weight excluding hydrogens is 235 g/mol. The smallest absolute Gasteiger partial charge is 0.141 e. The van der Waals surface area contributed by atoms with Crippen molar-refractivity contribution in [2.75, 3.05) is 5.32 Å². The molecule has 2 heterocycles. The zero-order valence-corrected chi connectivity index (χ0v) is 10.9. The Bertz CT molecular complexity index is 505. The van der Waals surface area contributed by atoms with Crippen LogP contribution in [0, 0.1) is 19.7 Å². The summed E-state index contributed by atoms with van der Waals surface area (Å²) in [5.74, 6) is 0.382. The summed E-state index contributed by atoms with van der Waals surface area (Å²) < 4.78 is 12.7. The van der Waals surface area contributed by atoms with Crippen LogP contribution < -0.4 is 5.32 Å². The predicted molar refractivity (Wildman–Crippen MR) is 70.0 cm³/mol. The van der Waals surface area contributed by atoms with Gasteiger partial charge in [0.1, 0.15) is 11.6 Å². The van der Waals surface area contributed by atoms with Gasteiger partial charge in [-0.05, 0) is 44.5 Å². The van der Waals surface area contributed by atoms with E-state index in [1.165, 1.54) is 27.6 Å². The standard InChI is InChI=1S/C13H15FN2S/c1-8-6-12(10(3)17-8)9(2)16-13-5-4-11(14)7-15-13/h4-7,9H,1-3H3,(H,15,16). The molecule has 0 radical (unpaired) electrons. The van der Waals surface area contributed by atoms with Crippen molar-refractivity contribution in [1.82, 2.24) is 4.98 Å². The fourth-order valence-corrected chi connectivity index (χ4v) is 2.86. The molecule has 0 aromatic carbocycles. The third-order valence-corrected chi connectivity index (χ3v) is 3.62. The molecule has 2 nitrogen and oxygen atoms in total. The van der Waals surface area contributed by atoms with Crippen molar-refractivity contribution >= 4 is 17.2 Å². The monoisotopic (exact) mass is 250 g/mol. The summed E-state index contributed by atoms with van der Waals surface area (Å²) in [6, 6.07) is 5.42. The fraction of sp³-hybridized carbons (Fsp3) is 0.308. The molecule has 0 saturated carbocycles. The summed E-state index contributed by atoms with van der Waals surface area (Å²) in [5, 5.41) is 3.27. The van der Waals surface area contributed by atoms with Gasteiger partial charge in [-0.25, -0.2) is 9.37 Å². The van der Waals surface area contributed by atoms with Gasteiger partial charge in [0.05, 0.1) is 12.2 Å². The number of aryl methyl sites for hydroxylation is 2. The lowest BCUT2D eigenvalue weighted by atomic mass is 10.1. The van der Waals surface area contributed by atoms with Crippen molar-refractivity contribution in [3.05, 3.63) is 45.5 Å². The van der Waals surface area contributed by atoms with E-state index in [2.05, 4.69) is 37.1 Å². The van der Waals surface area contributed by atoms with Crippen LogP contribution >= 0.6 is 11.3 Å². The van der Waals surface area contributed by atoms with Gasteiger partial charge < -0.3 is 5.32 Å². The third kappa shape index (κ3) is 2.82. The van der Waals surface area contributed by atoms with Crippen LogP contribution in [0.25, 0.3) is 0 Å². The Morgan fingerprint density at radius 3 is 2.65 bits per heavy atom. The van der Waals surface area contributed by atoms with Crippen LogP contribution in [0.4, 0.5) is 10.2 Å². The molecule has 1 N–H and O–H groups in total. The van der Waals surface area contributed by atoms with Crippen LogP contribution in [0.2, 0.25) is 0 Å². The van der Waals surface area contributed by atoms with Crippen LogP contribution in [0.15, 0.2) is 24.4 Å². The minimum absolute atomic E-state index is 0.179. The minimum Gasteiger partial charge on any atom is -0.364 e. The molecule has 17 heavy (non-hydrogen) atoms. The summed E-state index contributed by atoms with van der Waals surface area (Å²) >= 11 is 1.79. The number of halogens is 1. The van der Waals surface area contributed by atoms with Crippen LogP contribution in [0.3, 0.4) is 0 Å². The third-order valence-electron chi connectivity index (χ3n) is 2.64. The highest BCUT2D eigenvalue weighted by Crippen LogP contribution is 2.28. The lowest BCUT2D eigenvalue weighted by Crippen LogP contribution is -2.07. The topological polar surface area (TPSA) is 24.9 Å². The maximum absolute atomic E-state index is 12.7. The Kier molecular flexibility index (Phi) is 3.43. The van der Waals surface area contributed by atoms with Crippen molar-refractivity contribution in [2.45, 2.75) is 26.8 Å². The highest BCUT2D eigenvalue weighted by molar-refractivity contribution is 7.12. The van der Waals surface area contributed by atoms with Gasteiger partial charge in [-0.15, -0.1) is 11.3 Å². The molecule has 0 saturated heterocycles. The van der Waals surface area contributed by atoms with Gasteiger partial charge in [-0.2, -0.15) is 0 Å². The van der Waals surface area contributed by atoms with Crippen LogP contribution in [-0.2, 0) is 0 Å². The highest BCUT2D eigenvalue weighted by Gasteiger charge is 2.11. The second kappa shape index (κ2) is 4.84. The van der Waals surface area contributed by atoms with Crippen LogP contribution in [0.5, 0.6) is 0 Å². The largest absolute Gasteiger partial charge is 0.364 e. The van der Waals surface area contributed by atoms with Gasteiger partial charge in [-0.1, -0.05) is 0 Å². The second-order valence-electron chi connectivity index (χ2n) is 4.10. The number of anilines is 1. The quantitative estimate of drug-likeness (QED) is 0.888. The maximum atomic E-state index is 12.7. The summed E-state index contributed by atoms with van der Waals surface area (Å²) in [6.07, 6.45) is 1.22. The molecule has 1 atom stereocenters. The first-order chi connectivity index (χ1) is 8.06. The van der Waals surface area contributed by atoms with Crippen molar-refractivity contribution in [2.24, 2.45) is 0 Å². The highest BCUT2D eigenvalue weighted by atomic mass is 32.1. The fourth-order valence-electron chi connectivity index (χ4n) is 1.84. The molecule has 0 aliphatic carbocycles. The number of nitrogens with zero attached hydrogens (tertiary/aromatic N) is 1. The van der Waals surface area contributed by atoms with Gasteiger partial charge >= 0.3 is 0 Å². The van der Waals surface area contributed by atoms with Gasteiger partial charge in [0, 0.05) is 9.75 Å². The Morgan fingerprint density at radius 1 is 1.35 bits per heavy atom. The zero-order valence-electron chi connectivity index (χ0n) is 10.1. The van der Waals surface area contributed by atoms with Gasteiger partial charge in [-0.3, -0.25) is 0 Å². The lowest BCUT2D eigenvalue weighted by molar-refractivity contribution is 0.621. The van der Waals surface area contributed by atoms with E-state index in [4.69, 9.17) is 0 Å². The van der Waals surface area contributed by atoms with Crippen molar-refractivity contribution < 1.29 is 4.39 Å². The van der Waals surface area contributed by atoms with E-state index in [-0.39, 0.29) is 11.9 Å². The number of hydrogen-bond donors (Lipinski definition) is 1. The molecule has 2 aromatic heterocycles. The van der Waals surface area contributed by atoms with Gasteiger partial charge in [0.15, 0.2) is 0 Å². The average molecular weight is 250 g/mol. The molecule has 2 rings (SSSR count). The molecular formula is C13H15FN2S.